The first-order valence-corrected chi connectivity index (χ1v) is 13.6. The second kappa shape index (κ2) is 11.9. The van der Waals surface area contributed by atoms with E-state index in [1.54, 1.807) is 40.2 Å². The largest absolute Gasteiger partial charge is 0.493 e. The number of carbonyl (C=O) groups excluding carboxylic acids is 2. The molecule has 1 aliphatic heterocycles. The number of Topliss-reactive ketones (excluding diaryl/α,β-unsaturated/α-hetero) is 1. The van der Waals surface area contributed by atoms with E-state index in [9.17, 15) is 19.7 Å². The van der Waals surface area contributed by atoms with Crippen LogP contribution in [0.15, 0.2) is 89.3 Å². The highest BCUT2D eigenvalue weighted by Gasteiger charge is 2.42. The quantitative estimate of drug-likeness (QED) is 0.199. The summed E-state index contributed by atoms with van der Waals surface area (Å²) < 4.78 is 16.6. The lowest BCUT2D eigenvalue weighted by atomic mass is 9.71. The van der Waals surface area contributed by atoms with E-state index in [2.05, 4.69) is 5.32 Å². The van der Waals surface area contributed by atoms with Crippen LogP contribution in [0.25, 0.3) is 0 Å². The fourth-order valence-corrected chi connectivity index (χ4v) is 5.79. The van der Waals surface area contributed by atoms with Crippen molar-refractivity contribution in [1.29, 1.82) is 0 Å². The molecule has 0 spiro atoms. The molecule has 0 bridgehead atoms. The standard InChI is InChI=1S/C33H32N2O7/c1-19-10-11-23(15-26(19)35(38)39)31-30(33(37)42-18-21-8-6-5-7-9-21)20(2)34-25-14-24(16-27(36)32(25)31)22-12-13-28(40-3)29(17-22)41-4/h5-13,15,17,24,31,34H,14,16,18H2,1-4H3/t24-,31-/m1/s1. The van der Waals surface area contributed by atoms with E-state index in [1.165, 1.54) is 6.07 Å². The third kappa shape index (κ3) is 5.50. The highest BCUT2D eigenvalue weighted by Crippen LogP contribution is 2.47. The monoisotopic (exact) mass is 568 g/mol. The van der Waals surface area contributed by atoms with Gasteiger partial charge in [0.1, 0.15) is 6.61 Å². The van der Waals surface area contributed by atoms with Crippen molar-refractivity contribution in [3.05, 3.63) is 122 Å². The number of rotatable bonds is 8. The number of aryl methyl sites for hydroxylation is 1. The fraction of sp³-hybridized carbons (Fsp3) is 0.273. The first-order valence-electron chi connectivity index (χ1n) is 13.6. The first-order chi connectivity index (χ1) is 20.2. The third-order valence-corrected chi connectivity index (χ3v) is 7.90. The van der Waals surface area contributed by atoms with Crippen molar-refractivity contribution in [3.8, 4) is 11.5 Å². The fourth-order valence-electron chi connectivity index (χ4n) is 5.79. The van der Waals surface area contributed by atoms with Crippen LogP contribution in [0.1, 0.15) is 53.9 Å². The summed E-state index contributed by atoms with van der Waals surface area (Å²) in [6, 6.07) is 19.8. The Labute approximate surface area is 243 Å². The summed E-state index contributed by atoms with van der Waals surface area (Å²) >= 11 is 0. The number of carbonyl (C=O) groups is 2. The van der Waals surface area contributed by atoms with Crippen molar-refractivity contribution >= 4 is 17.4 Å². The van der Waals surface area contributed by atoms with Crippen molar-refractivity contribution in [2.45, 2.75) is 45.1 Å². The minimum atomic E-state index is -0.817. The zero-order chi connectivity index (χ0) is 30.0. The van der Waals surface area contributed by atoms with Gasteiger partial charge in [0.05, 0.1) is 24.7 Å². The molecular weight excluding hydrogens is 536 g/mol. The molecule has 42 heavy (non-hydrogen) atoms. The summed E-state index contributed by atoms with van der Waals surface area (Å²) in [6.45, 7) is 3.48. The molecule has 5 rings (SSSR count). The SMILES string of the molecule is COc1ccc([C@H]2CC(=O)C3=C(C2)NC(C)=C(C(=O)OCc2ccccc2)[C@H]3c2ccc(C)c([N+](=O)[O-])c2)cc1OC. The van der Waals surface area contributed by atoms with Crippen molar-refractivity contribution in [2.75, 3.05) is 14.2 Å². The highest BCUT2D eigenvalue weighted by atomic mass is 16.6. The Morgan fingerprint density at radius 3 is 2.36 bits per heavy atom. The number of hydrogen-bond acceptors (Lipinski definition) is 8. The second-order valence-corrected chi connectivity index (χ2v) is 10.5. The molecule has 0 aromatic heterocycles. The Hall–Kier alpha value is -4.92. The van der Waals surface area contributed by atoms with Crippen molar-refractivity contribution in [1.82, 2.24) is 5.32 Å². The molecule has 3 aromatic carbocycles. The second-order valence-electron chi connectivity index (χ2n) is 10.5. The number of benzene rings is 3. The molecule has 0 fully saturated rings. The summed E-state index contributed by atoms with van der Waals surface area (Å²) in [5.41, 5.74) is 4.58. The van der Waals surface area contributed by atoms with E-state index in [0.717, 1.165) is 11.1 Å². The van der Waals surface area contributed by atoms with Crippen LogP contribution in [0.4, 0.5) is 5.69 Å². The summed E-state index contributed by atoms with van der Waals surface area (Å²) in [7, 11) is 3.13. The number of methoxy groups -OCH3 is 2. The number of esters is 1. The zero-order valence-electron chi connectivity index (χ0n) is 23.9. The Morgan fingerprint density at radius 1 is 0.952 bits per heavy atom. The minimum absolute atomic E-state index is 0.0540. The molecule has 1 aliphatic carbocycles. The van der Waals surface area contributed by atoms with Gasteiger partial charge in [-0.05, 0) is 55.0 Å². The number of ketones is 1. The Kier molecular flexibility index (Phi) is 8.10. The van der Waals surface area contributed by atoms with E-state index in [0.29, 0.717) is 46.0 Å². The number of nitrogens with one attached hydrogen (secondary N) is 1. The molecular formula is C33H32N2O7. The van der Waals surface area contributed by atoms with Gasteiger partial charge < -0.3 is 19.5 Å². The van der Waals surface area contributed by atoms with E-state index < -0.39 is 16.8 Å². The Balaban J connectivity index is 1.56. The third-order valence-electron chi connectivity index (χ3n) is 7.90. The Morgan fingerprint density at radius 2 is 1.67 bits per heavy atom. The number of hydrogen-bond donors (Lipinski definition) is 1. The molecule has 2 atom stereocenters. The molecule has 0 saturated carbocycles. The highest BCUT2D eigenvalue weighted by molar-refractivity contribution is 6.04. The van der Waals surface area contributed by atoms with Crippen LogP contribution in [0.5, 0.6) is 11.5 Å². The predicted octanol–water partition coefficient (Wildman–Crippen LogP) is 6.03. The number of nitro groups is 1. The van der Waals surface area contributed by atoms with Gasteiger partial charge in [0.2, 0.25) is 0 Å². The van der Waals surface area contributed by atoms with Crippen LogP contribution in [0, 0.1) is 17.0 Å². The number of nitrogens with zero attached hydrogens (tertiary/aromatic N) is 1. The smallest absolute Gasteiger partial charge is 0.337 e. The van der Waals surface area contributed by atoms with Crippen LogP contribution in [0.3, 0.4) is 0 Å². The Bertz CT molecular complexity index is 1620. The van der Waals surface area contributed by atoms with Crippen LogP contribution >= 0.6 is 0 Å². The lowest BCUT2D eigenvalue weighted by Crippen LogP contribution is -2.36. The van der Waals surface area contributed by atoms with Gasteiger partial charge in [-0.3, -0.25) is 14.9 Å². The summed E-state index contributed by atoms with van der Waals surface area (Å²) in [5, 5.41) is 15.2. The zero-order valence-corrected chi connectivity index (χ0v) is 23.9. The van der Waals surface area contributed by atoms with Gasteiger partial charge in [-0.25, -0.2) is 4.79 Å². The molecule has 9 heteroatoms. The lowest BCUT2D eigenvalue weighted by Gasteiger charge is -2.36. The molecule has 2 aliphatic rings. The first kappa shape index (κ1) is 28.6. The topological polar surface area (TPSA) is 117 Å². The number of dihydropyridines is 1. The lowest BCUT2D eigenvalue weighted by molar-refractivity contribution is -0.385. The predicted molar refractivity (Wildman–Crippen MR) is 156 cm³/mol. The van der Waals surface area contributed by atoms with Crippen molar-refractivity contribution in [3.63, 3.8) is 0 Å². The van der Waals surface area contributed by atoms with Crippen LogP contribution in [-0.2, 0) is 20.9 Å². The number of allylic oxidation sites excluding steroid dienone is 3. The molecule has 3 aromatic rings. The average molecular weight is 569 g/mol. The minimum Gasteiger partial charge on any atom is -0.493 e. The molecule has 0 unspecified atom stereocenters. The van der Waals surface area contributed by atoms with Gasteiger partial charge in [0.25, 0.3) is 5.69 Å². The average Bonchev–Trinajstić information content (AvgIpc) is 2.99. The number of nitro benzene ring substituents is 1. The normalized spacial score (nSPS) is 18.2. The molecule has 1 N–H and O–H groups in total. The van der Waals surface area contributed by atoms with Gasteiger partial charge in [0.15, 0.2) is 17.3 Å². The maximum Gasteiger partial charge on any atom is 0.337 e. The number of ether oxygens (including phenoxy) is 3. The van der Waals surface area contributed by atoms with Crippen molar-refractivity contribution < 1.29 is 28.7 Å². The maximum absolute atomic E-state index is 14.0. The van der Waals surface area contributed by atoms with Crippen molar-refractivity contribution in [2.24, 2.45) is 0 Å². The van der Waals surface area contributed by atoms with E-state index in [-0.39, 0.29) is 36.0 Å². The van der Waals surface area contributed by atoms with Gasteiger partial charge in [-0.15, -0.1) is 0 Å². The van der Waals surface area contributed by atoms with Crippen LogP contribution < -0.4 is 14.8 Å². The van der Waals surface area contributed by atoms with E-state index >= 15 is 0 Å². The van der Waals surface area contributed by atoms with Gasteiger partial charge >= 0.3 is 5.97 Å². The summed E-state index contributed by atoms with van der Waals surface area (Å²) in [5.74, 6) is -0.518. The maximum atomic E-state index is 14.0. The van der Waals surface area contributed by atoms with Crippen LogP contribution in [-0.4, -0.2) is 30.9 Å². The summed E-state index contributed by atoms with van der Waals surface area (Å²) in [6.07, 6.45) is 0.705. The summed E-state index contributed by atoms with van der Waals surface area (Å²) in [4.78, 5) is 39.0. The van der Waals surface area contributed by atoms with E-state index in [4.69, 9.17) is 14.2 Å². The molecule has 9 nitrogen and oxygen atoms in total. The van der Waals surface area contributed by atoms with E-state index in [1.807, 2.05) is 48.5 Å². The molecule has 216 valence electrons. The molecule has 0 saturated heterocycles. The van der Waals surface area contributed by atoms with Gasteiger partial charge in [-0.1, -0.05) is 48.5 Å². The van der Waals surface area contributed by atoms with Gasteiger partial charge in [0, 0.05) is 40.9 Å². The van der Waals surface area contributed by atoms with Gasteiger partial charge in [-0.2, -0.15) is 0 Å². The molecule has 0 amide bonds. The van der Waals surface area contributed by atoms with Crippen LogP contribution in [0.2, 0.25) is 0 Å². The molecule has 1 heterocycles. The molecule has 0 radical (unpaired) electrons.